The number of nitrogens with zero attached hydrogens (tertiary/aromatic N) is 1. The number of aryl methyl sites for hydroxylation is 1. The summed E-state index contributed by atoms with van der Waals surface area (Å²) in [5.74, 6) is 1.25. The highest BCUT2D eigenvalue weighted by Crippen LogP contribution is 2.33. The zero-order chi connectivity index (χ0) is 13.7. The number of hydrogen-bond acceptors (Lipinski definition) is 3. The lowest BCUT2D eigenvalue weighted by molar-refractivity contribution is 0.352. The van der Waals surface area contributed by atoms with Gasteiger partial charge in [0.15, 0.2) is 0 Å². The van der Waals surface area contributed by atoms with E-state index in [1.165, 1.54) is 0 Å². The fourth-order valence-electron chi connectivity index (χ4n) is 2.15. The largest absolute Gasteiger partial charge is 0.496 e. The average molecular weight is 271 g/mol. The van der Waals surface area contributed by atoms with Crippen molar-refractivity contribution in [3.8, 4) is 5.75 Å². The lowest BCUT2D eigenvalue weighted by Gasteiger charge is -2.23. The minimum atomic E-state index is 0.345. The van der Waals surface area contributed by atoms with Gasteiger partial charge in [0.05, 0.1) is 7.11 Å². The predicted molar refractivity (Wildman–Crippen MR) is 77.7 cm³/mol. The van der Waals surface area contributed by atoms with Crippen LogP contribution < -0.4 is 10.5 Å². The van der Waals surface area contributed by atoms with E-state index in [0.717, 1.165) is 34.9 Å². The van der Waals surface area contributed by atoms with Gasteiger partial charge in [0.1, 0.15) is 5.75 Å². The molecule has 0 spiro atoms. The summed E-state index contributed by atoms with van der Waals surface area (Å²) in [6.07, 6.45) is 0.925. The molecule has 0 radical (unpaired) electrons. The molecular weight excluding hydrogens is 248 g/mol. The van der Waals surface area contributed by atoms with Crippen molar-refractivity contribution in [3.05, 3.63) is 28.3 Å². The molecule has 0 aromatic heterocycles. The summed E-state index contributed by atoms with van der Waals surface area (Å²) in [4.78, 5) is 2.16. The summed E-state index contributed by atoms with van der Waals surface area (Å²) in [5, 5.41) is 0.784. The molecule has 0 aliphatic rings. The highest BCUT2D eigenvalue weighted by atomic mass is 35.5. The normalized spacial score (nSPS) is 12.8. The molecule has 0 aliphatic carbocycles. The first-order valence-corrected chi connectivity index (χ1v) is 6.56. The van der Waals surface area contributed by atoms with Crippen molar-refractivity contribution in [3.63, 3.8) is 0 Å². The predicted octanol–water partition coefficient (Wildman–Crippen LogP) is 2.65. The molecule has 1 aromatic rings. The average Bonchev–Trinajstić information content (AvgIpc) is 2.31. The van der Waals surface area contributed by atoms with Crippen molar-refractivity contribution in [1.82, 2.24) is 4.90 Å². The first-order chi connectivity index (χ1) is 8.49. The van der Waals surface area contributed by atoms with Crippen molar-refractivity contribution < 1.29 is 4.74 Å². The standard InChI is InChI=1S/C14H23ClN2O/c1-10-7-14(18-4)12(8-13(10)15)11(5-6-16)9-17(2)3/h7-8,11H,5-6,9,16H2,1-4H3. The van der Waals surface area contributed by atoms with Crippen LogP contribution in [0.1, 0.15) is 23.5 Å². The van der Waals surface area contributed by atoms with E-state index in [1.807, 2.05) is 19.1 Å². The third kappa shape index (κ3) is 3.87. The topological polar surface area (TPSA) is 38.5 Å². The van der Waals surface area contributed by atoms with Gasteiger partial charge in [-0.05, 0) is 51.7 Å². The van der Waals surface area contributed by atoms with Crippen molar-refractivity contribution >= 4 is 11.6 Å². The summed E-state index contributed by atoms with van der Waals surface area (Å²) >= 11 is 6.22. The van der Waals surface area contributed by atoms with Crippen molar-refractivity contribution in [2.24, 2.45) is 5.73 Å². The van der Waals surface area contributed by atoms with Crippen LogP contribution in [0.25, 0.3) is 0 Å². The summed E-state index contributed by atoms with van der Waals surface area (Å²) in [5.41, 5.74) is 7.89. The van der Waals surface area contributed by atoms with Gasteiger partial charge >= 0.3 is 0 Å². The Morgan fingerprint density at radius 1 is 1.39 bits per heavy atom. The van der Waals surface area contributed by atoms with Gasteiger partial charge in [0, 0.05) is 23.0 Å². The zero-order valence-corrected chi connectivity index (χ0v) is 12.4. The van der Waals surface area contributed by atoms with Crippen molar-refractivity contribution in [2.75, 3.05) is 34.3 Å². The first-order valence-electron chi connectivity index (χ1n) is 6.18. The molecule has 0 aliphatic heterocycles. The number of hydrogen-bond donors (Lipinski definition) is 1. The molecule has 0 fully saturated rings. The molecule has 18 heavy (non-hydrogen) atoms. The second kappa shape index (κ2) is 6.98. The van der Waals surface area contributed by atoms with E-state index >= 15 is 0 Å². The number of likely N-dealkylation sites (N-methyl/N-ethyl adjacent to an activating group) is 1. The second-order valence-electron chi connectivity index (χ2n) is 4.88. The molecule has 0 saturated heterocycles. The highest BCUT2D eigenvalue weighted by Gasteiger charge is 2.18. The summed E-state index contributed by atoms with van der Waals surface area (Å²) in [6, 6.07) is 4.01. The Morgan fingerprint density at radius 3 is 2.56 bits per heavy atom. The van der Waals surface area contributed by atoms with Crippen LogP contribution in [0.5, 0.6) is 5.75 Å². The summed E-state index contributed by atoms with van der Waals surface area (Å²) < 4.78 is 5.47. The Kier molecular flexibility index (Phi) is 5.93. The number of benzene rings is 1. The van der Waals surface area contributed by atoms with Crippen LogP contribution in [0.15, 0.2) is 12.1 Å². The third-order valence-electron chi connectivity index (χ3n) is 3.05. The van der Waals surface area contributed by atoms with Crippen LogP contribution in [-0.2, 0) is 0 Å². The Labute approximate surface area is 115 Å². The monoisotopic (exact) mass is 270 g/mol. The van der Waals surface area contributed by atoms with E-state index in [1.54, 1.807) is 7.11 Å². The summed E-state index contributed by atoms with van der Waals surface area (Å²) in [6.45, 7) is 3.58. The molecule has 102 valence electrons. The van der Waals surface area contributed by atoms with Gasteiger partial charge in [-0.3, -0.25) is 0 Å². The minimum Gasteiger partial charge on any atom is -0.496 e. The number of halogens is 1. The first kappa shape index (κ1) is 15.3. The molecule has 2 N–H and O–H groups in total. The van der Waals surface area contributed by atoms with Gasteiger partial charge in [-0.2, -0.15) is 0 Å². The Bertz CT molecular complexity index is 394. The van der Waals surface area contributed by atoms with E-state index in [9.17, 15) is 0 Å². The second-order valence-corrected chi connectivity index (χ2v) is 5.29. The van der Waals surface area contributed by atoms with Crippen LogP contribution in [0.3, 0.4) is 0 Å². The van der Waals surface area contributed by atoms with Gasteiger partial charge in [-0.25, -0.2) is 0 Å². The van der Waals surface area contributed by atoms with E-state index in [4.69, 9.17) is 22.1 Å². The SMILES string of the molecule is COc1cc(C)c(Cl)cc1C(CCN)CN(C)C. The van der Waals surface area contributed by atoms with E-state index < -0.39 is 0 Å². The molecule has 0 saturated carbocycles. The van der Waals surface area contributed by atoms with Crippen molar-refractivity contribution in [1.29, 1.82) is 0 Å². The maximum absolute atomic E-state index is 6.22. The summed E-state index contributed by atoms with van der Waals surface area (Å²) in [7, 11) is 5.82. The van der Waals surface area contributed by atoms with Gasteiger partial charge in [-0.15, -0.1) is 0 Å². The van der Waals surface area contributed by atoms with Crippen LogP contribution in [0.4, 0.5) is 0 Å². The third-order valence-corrected chi connectivity index (χ3v) is 3.46. The van der Waals surface area contributed by atoms with Gasteiger partial charge in [-0.1, -0.05) is 11.6 Å². The molecule has 1 rings (SSSR count). The Balaban J connectivity index is 3.12. The molecule has 3 nitrogen and oxygen atoms in total. The van der Waals surface area contributed by atoms with Crippen LogP contribution >= 0.6 is 11.6 Å². The fraction of sp³-hybridized carbons (Fsp3) is 0.571. The molecule has 1 aromatic carbocycles. The lowest BCUT2D eigenvalue weighted by atomic mass is 9.93. The van der Waals surface area contributed by atoms with Gasteiger partial charge in [0.2, 0.25) is 0 Å². The zero-order valence-electron chi connectivity index (χ0n) is 11.7. The maximum atomic E-state index is 6.22. The van der Waals surface area contributed by atoms with Crippen molar-refractivity contribution in [2.45, 2.75) is 19.3 Å². The number of ether oxygens (including phenoxy) is 1. The lowest BCUT2D eigenvalue weighted by Crippen LogP contribution is -2.23. The smallest absolute Gasteiger partial charge is 0.122 e. The van der Waals surface area contributed by atoms with Crippen LogP contribution in [0.2, 0.25) is 5.02 Å². The van der Waals surface area contributed by atoms with E-state index in [-0.39, 0.29) is 0 Å². The molecular formula is C14H23ClN2O. The van der Waals surface area contributed by atoms with Gasteiger partial charge < -0.3 is 15.4 Å². The quantitative estimate of drug-likeness (QED) is 0.864. The minimum absolute atomic E-state index is 0.345. The van der Waals surface area contributed by atoms with Crippen LogP contribution in [-0.4, -0.2) is 39.2 Å². The molecule has 4 heteroatoms. The molecule has 1 unspecified atom stereocenters. The number of nitrogens with two attached hydrogens (primary N) is 1. The van der Waals surface area contributed by atoms with Crippen LogP contribution in [0, 0.1) is 6.92 Å². The number of rotatable bonds is 6. The molecule has 0 bridgehead atoms. The highest BCUT2D eigenvalue weighted by molar-refractivity contribution is 6.31. The Morgan fingerprint density at radius 2 is 2.06 bits per heavy atom. The Hall–Kier alpha value is -0.770. The molecule has 0 amide bonds. The maximum Gasteiger partial charge on any atom is 0.122 e. The van der Waals surface area contributed by atoms with E-state index in [2.05, 4.69) is 19.0 Å². The molecule has 1 atom stereocenters. The fourth-order valence-corrected chi connectivity index (χ4v) is 2.33. The molecule has 0 heterocycles. The van der Waals surface area contributed by atoms with E-state index in [0.29, 0.717) is 12.5 Å². The number of methoxy groups -OCH3 is 1. The van der Waals surface area contributed by atoms with Gasteiger partial charge in [0.25, 0.3) is 0 Å².